The van der Waals surface area contributed by atoms with E-state index in [1.807, 2.05) is 19.1 Å². The third-order valence-electron chi connectivity index (χ3n) is 4.26. The van der Waals surface area contributed by atoms with Crippen molar-refractivity contribution in [3.8, 4) is 11.5 Å². The fraction of sp³-hybridized carbons (Fsp3) is 0.562. The van der Waals surface area contributed by atoms with Crippen molar-refractivity contribution in [2.75, 3.05) is 18.8 Å². The standard InChI is InChI=1S/C16H22N4O3S/c1-2-10-24(21,22)20-9-7-13(12-20)5-6-15-18-16(23-19-15)14-4-3-8-17-11-14/h3-4,8,11,13H,2,5-7,9-10,12H2,1H3. The molecule has 0 aliphatic carbocycles. The van der Waals surface area contributed by atoms with Crippen molar-refractivity contribution in [1.29, 1.82) is 0 Å². The molecule has 0 spiro atoms. The predicted octanol–water partition coefficient (Wildman–Crippen LogP) is 2.13. The molecule has 1 unspecified atom stereocenters. The van der Waals surface area contributed by atoms with Crippen LogP contribution in [0.1, 0.15) is 32.0 Å². The van der Waals surface area contributed by atoms with E-state index >= 15 is 0 Å². The van der Waals surface area contributed by atoms with Gasteiger partial charge in [0, 0.05) is 31.9 Å². The minimum Gasteiger partial charge on any atom is -0.334 e. The number of aromatic nitrogens is 3. The van der Waals surface area contributed by atoms with Crippen molar-refractivity contribution in [1.82, 2.24) is 19.4 Å². The van der Waals surface area contributed by atoms with Crippen molar-refractivity contribution in [2.24, 2.45) is 5.92 Å². The van der Waals surface area contributed by atoms with Gasteiger partial charge in [-0.15, -0.1) is 0 Å². The van der Waals surface area contributed by atoms with Crippen LogP contribution in [0.15, 0.2) is 29.0 Å². The second kappa shape index (κ2) is 7.40. The normalized spacial score (nSPS) is 19.0. The summed E-state index contributed by atoms with van der Waals surface area (Å²) in [6.07, 6.45) is 6.49. The second-order valence-corrected chi connectivity index (χ2v) is 8.21. The van der Waals surface area contributed by atoms with Crippen LogP contribution < -0.4 is 0 Å². The van der Waals surface area contributed by atoms with Gasteiger partial charge in [0.2, 0.25) is 10.0 Å². The first-order valence-electron chi connectivity index (χ1n) is 8.29. The van der Waals surface area contributed by atoms with Crippen LogP contribution in [0.4, 0.5) is 0 Å². The monoisotopic (exact) mass is 350 g/mol. The number of hydrogen-bond acceptors (Lipinski definition) is 6. The van der Waals surface area contributed by atoms with Crippen molar-refractivity contribution in [3.05, 3.63) is 30.4 Å². The number of aryl methyl sites for hydroxylation is 1. The van der Waals surface area contributed by atoms with Crippen LogP contribution in [-0.4, -0.2) is 46.7 Å². The lowest BCUT2D eigenvalue weighted by Gasteiger charge is -2.15. The lowest BCUT2D eigenvalue weighted by atomic mass is 10.0. The van der Waals surface area contributed by atoms with Crippen LogP contribution in [0.5, 0.6) is 0 Å². The molecule has 3 heterocycles. The topological polar surface area (TPSA) is 89.2 Å². The minimum atomic E-state index is -3.08. The molecular weight excluding hydrogens is 328 g/mol. The van der Waals surface area contributed by atoms with E-state index in [9.17, 15) is 8.42 Å². The Bertz CT molecular complexity index is 761. The van der Waals surface area contributed by atoms with E-state index in [2.05, 4.69) is 15.1 Å². The molecular formula is C16H22N4O3S. The molecule has 0 amide bonds. The fourth-order valence-corrected chi connectivity index (χ4v) is 4.56. The van der Waals surface area contributed by atoms with Gasteiger partial charge in [-0.05, 0) is 37.3 Å². The Labute approximate surface area is 142 Å². The van der Waals surface area contributed by atoms with Gasteiger partial charge in [-0.2, -0.15) is 4.98 Å². The van der Waals surface area contributed by atoms with Gasteiger partial charge in [0.05, 0.1) is 11.3 Å². The Balaban J connectivity index is 1.53. The van der Waals surface area contributed by atoms with Gasteiger partial charge in [0.25, 0.3) is 5.89 Å². The molecule has 0 radical (unpaired) electrons. The highest BCUT2D eigenvalue weighted by molar-refractivity contribution is 7.89. The molecule has 8 heteroatoms. The van der Waals surface area contributed by atoms with Crippen molar-refractivity contribution in [3.63, 3.8) is 0 Å². The van der Waals surface area contributed by atoms with Gasteiger partial charge in [-0.25, -0.2) is 12.7 Å². The molecule has 0 bridgehead atoms. The van der Waals surface area contributed by atoms with E-state index in [1.165, 1.54) is 0 Å². The largest absolute Gasteiger partial charge is 0.334 e. The third-order valence-corrected chi connectivity index (χ3v) is 6.30. The highest BCUT2D eigenvalue weighted by atomic mass is 32.2. The third kappa shape index (κ3) is 3.99. The molecule has 1 fully saturated rings. The lowest BCUT2D eigenvalue weighted by Crippen LogP contribution is -2.30. The molecule has 7 nitrogen and oxygen atoms in total. The molecule has 1 atom stereocenters. The van der Waals surface area contributed by atoms with Crippen molar-refractivity contribution in [2.45, 2.75) is 32.6 Å². The van der Waals surface area contributed by atoms with Gasteiger partial charge < -0.3 is 4.52 Å². The number of rotatable bonds is 7. The zero-order chi connectivity index (χ0) is 17.0. The number of hydrogen-bond donors (Lipinski definition) is 0. The predicted molar refractivity (Wildman–Crippen MR) is 89.6 cm³/mol. The minimum absolute atomic E-state index is 0.235. The van der Waals surface area contributed by atoms with Crippen LogP contribution in [0.25, 0.3) is 11.5 Å². The summed E-state index contributed by atoms with van der Waals surface area (Å²) < 4.78 is 31.1. The molecule has 1 aliphatic rings. The second-order valence-electron chi connectivity index (χ2n) is 6.12. The van der Waals surface area contributed by atoms with Crippen LogP contribution >= 0.6 is 0 Å². The first-order chi connectivity index (χ1) is 11.6. The first kappa shape index (κ1) is 17.0. The Morgan fingerprint density at radius 2 is 2.29 bits per heavy atom. The average Bonchev–Trinajstić information content (AvgIpc) is 3.23. The summed E-state index contributed by atoms with van der Waals surface area (Å²) in [6.45, 7) is 3.12. The first-order valence-corrected chi connectivity index (χ1v) is 9.90. The number of pyridine rings is 1. The van der Waals surface area contributed by atoms with Crippen molar-refractivity contribution < 1.29 is 12.9 Å². The highest BCUT2D eigenvalue weighted by Crippen LogP contribution is 2.24. The Morgan fingerprint density at radius 3 is 3.04 bits per heavy atom. The quantitative estimate of drug-likeness (QED) is 0.760. The van der Waals surface area contributed by atoms with E-state index in [0.29, 0.717) is 43.6 Å². The Morgan fingerprint density at radius 1 is 1.42 bits per heavy atom. The summed E-state index contributed by atoms with van der Waals surface area (Å²) >= 11 is 0. The maximum absolute atomic E-state index is 12.1. The van der Waals surface area contributed by atoms with Gasteiger partial charge in [0.15, 0.2) is 5.82 Å². The maximum Gasteiger partial charge on any atom is 0.259 e. The molecule has 2 aromatic rings. The fourth-order valence-electron chi connectivity index (χ4n) is 2.97. The Hall–Kier alpha value is -1.80. The molecule has 3 rings (SSSR count). The maximum atomic E-state index is 12.1. The summed E-state index contributed by atoms with van der Waals surface area (Å²) in [5.74, 6) is 1.72. The van der Waals surface area contributed by atoms with Crippen molar-refractivity contribution >= 4 is 10.0 Å². The van der Waals surface area contributed by atoms with Gasteiger partial charge >= 0.3 is 0 Å². The molecule has 0 N–H and O–H groups in total. The highest BCUT2D eigenvalue weighted by Gasteiger charge is 2.30. The smallest absolute Gasteiger partial charge is 0.259 e. The zero-order valence-corrected chi connectivity index (χ0v) is 14.6. The summed E-state index contributed by atoms with van der Waals surface area (Å²) in [6, 6.07) is 3.70. The Kier molecular flexibility index (Phi) is 5.25. The van der Waals surface area contributed by atoms with Crippen LogP contribution in [0.2, 0.25) is 0 Å². The number of nitrogens with zero attached hydrogens (tertiary/aromatic N) is 4. The zero-order valence-electron chi connectivity index (χ0n) is 13.8. The molecule has 2 aromatic heterocycles. The van der Waals surface area contributed by atoms with E-state index in [1.54, 1.807) is 16.7 Å². The summed E-state index contributed by atoms with van der Waals surface area (Å²) in [7, 11) is -3.08. The van der Waals surface area contributed by atoms with Gasteiger partial charge in [-0.3, -0.25) is 4.98 Å². The number of sulfonamides is 1. The van der Waals surface area contributed by atoms with Gasteiger partial charge in [0.1, 0.15) is 0 Å². The van der Waals surface area contributed by atoms with E-state index < -0.39 is 10.0 Å². The van der Waals surface area contributed by atoms with E-state index in [0.717, 1.165) is 18.4 Å². The molecule has 24 heavy (non-hydrogen) atoms. The SMILES string of the molecule is CCCS(=O)(=O)N1CCC(CCc2noc(-c3cccnc3)n2)C1. The molecule has 1 aliphatic heterocycles. The van der Waals surface area contributed by atoms with Gasteiger partial charge in [-0.1, -0.05) is 12.1 Å². The summed E-state index contributed by atoms with van der Waals surface area (Å²) in [4.78, 5) is 8.42. The molecule has 1 saturated heterocycles. The lowest BCUT2D eigenvalue weighted by molar-refractivity contribution is 0.413. The average molecular weight is 350 g/mol. The molecule has 0 aromatic carbocycles. The van der Waals surface area contributed by atoms with E-state index in [-0.39, 0.29) is 5.75 Å². The summed E-state index contributed by atoms with van der Waals surface area (Å²) in [5, 5.41) is 4.01. The van der Waals surface area contributed by atoms with Crippen LogP contribution in [0, 0.1) is 5.92 Å². The molecule has 130 valence electrons. The van der Waals surface area contributed by atoms with E-state index in [4.69, 9.17) is 4.52 Å². The molecule has 0 saturated carbocycles. The van der Waals surface area contributed by atoms with Crippen LogP contribution in [0.3, 0.4) is 0 Å². The summed E-state index contributed by atoms with van der Waals surface area (Å²) in [5.41, 5.74) is 0.800. The van der Waals surface area contributed by atoms with Crippen LogP contribution in [-0.2, 0) is 16.4 Å².